The van der Waals surface area contributed by atoms with E-state index in [4.69, 9.17) is 4.43 Å². The van der Waals surface area contributed by atoms with Crippen LogP contribution in [-0.2, 0) is 9.22 Å². The minimum atomic E-state index is -1.74. The lowest BCUT2D eigenvalue weighted by Crippen LogP contribution is -2.65. The highest BCUT2D eigenvalue weighted by Crippen LogP contribution is 2.38. The molecule has 1 saturated heterocycles. The lowest BCUT2D eigenvalue weighted by molar-refractivity contribution is -0.129. The summed E-state index contributed by atoms with van der Waals surface area (Å²) in [6.45, 7) is 13.2. The molecule has 0 bridgehead atoms. The number of rotatable bonds is 3. The fourth-order valence-corrected chi connectivity index (χ4v) is 3.58. The SMILES string of the molecule is C[C@H](O[Si](C)(C)C(C)(C)C)[C@H]1NC(=O)[C@@H]1Br. The normalized spacial score (nSPS) is 28.3. The molecule has 0 unspecified atom stereocenters. The van der Waals surface area contributed by atoms with Crippen molar-refractivity contribution in [1.82, 2.24) is 5.32 Å². The Bertz CT molecular complexity index is 288. The highest BCUT2D eigenvalue weighted by Gasteiger charge is 2.45. The minimum Gasteiger partial charge on any atom is -0.412 e. The number of carbonyl (C=O) groups excluding carboxylic acids is 1. The standard InChI is InChI=1S/C11H22BrNO2Si/c1-7(9-8(12)10(14)13-9)15-16(5,6)11(2,3)4/h7-9H,1-6H3,(H,13,14)/t7-,8+,9+/m0/s1. The number of carbonyl (C=O) groups is 1. The van der Waals surface area contributed by atoms with Crippen molar-refractivity contribution in [1.29, 1.82) is 0 Å². The number of hydrogen-bond acceptors (Lipinski definition) is 2. The molecule has 0 aromatic carbocycles. The van der Waals surface area contributed by atoms with E-state index in [1.165, 1.54) is 0 Å². The largest absolute Gasteiger partial charge is 0.412 e. The molecule has 0 aromatic rings. The molecule has 1 aliphatic rings. The molecule has 1 heterocycles. The fraction of sp³-hybridized carbons (Fsp3) is 0.909. The van der Waals surface area contributed by atoms with E-state index in [0.29, 0.717) is 0 Å². The summed E-state index contributed by atoms with van der Waals surface area (Å²) in [6.07, 6.45) is 0.0722. The Kier molecular flexibility index (Phi) is 3.92. The molecule has 3 nitrogen and oxygen atoms in total. The summed E-state index contributed by atoms with van der Waals surface area (Å²) in [5.74, 6) is 0.0654. The maximum absolute atomic E-state index is 11.1. The first-order valence-corrected chi connectivity index (χ1v) is 9.51. The van der Waals surface area contributed by atoms with Gasteiger partial charge in [0.25, 0.3) is 0 Å². The number of alkyl halides is 1. The van der Waals surface area contributed by atoms with Gasteiger partial charge in [-0.1, -0.05) is 36.7 Å². The Hall–Kier alpha value is 0.127. The zero-order valence-corrected chi connectivity index (χ0v) is 13.5. The Balaban J connectivity index is 2.58. The summed E-state index contributed by atoms with van der Waals surface area (Å²) < 4.78 is 6.22. The van der Waals surface area contributed by atoms with Crippen molar-refractivity contribution in [3.05, 3.63) is 0 Å². The molecule has 0 spiro atoms. The van der Waals surface area contributed by atoms with E-state index in [1.54, 1.807) is 0 Å². The molecule has 16 heavy (non-hydrogen) atoms. The summed E-state index contributed by atoms with van der Waals surface area (Å²) in [5, 5.41) is 3.08. The molecule has 5 heteroatoms. The highest BCUT2D eigenvalue weighted by molar-refractivity contribution is 9.10. The van der Waals surface area contributed by atoms with Gasteiger partial charge in [-0.05, 0) is 25.1 Å². The molecule has 3 atom stereocenters. The smallest absolute Gasteiger partial charge is 0.236 e. The van der Waals surface area contributed by atoms with Crippen molar-refractivity contribution in [3.63, 3.8) is 0 Å². The molecule has 0 aromatic heterocycles. The van der Waals surface area contributed by atoms with E-state index < -0.39 is 8.32 Å². The lowest BCUT2D eigenvalue weighted by Gasteiger charge is -2.44. The predicted molar refractivity (Wildman–Crippen MR) is 72.4 cm³/mol. The molecule has 1 N–H and O–H groups in total. The number of nitrogens with one attached hydrogen (secondary N) is 1. The maximum Gasteiger partial charge on any atom is 0.236 e. The Morgan fingerprint density at radius 3 is 2.25 bits per heavy atom. The Morgan fingerprint density at radius 1 is 1.44 bits per heavy atom. The van der Waals surface area contributed by atoms with Gasteiger partial charge < -0.3 is 9.74 Å². The third-order valence-corrected chi connectivity index (χ3v) is 9.23. The highest BCUT2D eigenvalue weighted by atomic mass is 79.9. The quantitative estimate of drug-likeness (QED) is 0.494. The van der Waals surface area contributed by atoms with Crippen LogP contribution in [0.3, 0.4) is 0 Å². The first kappa shape index (κ1) is 14.2. The summed E-state index contributed by atoms with van der Waals surface area (Å²) >= 11 is 3.37. The van der Waals surface area contributed by atoms with Crippen molar-refractivity contribution >= 4 is 30.2 Å². The summed E-state index contributed by atoms with van der Waals surface area (Å²) in [4.78, 5) is 11.0. The van der Waals surface area contributed by atoms with Gasteiger partial charge in [0, 0.05) is 0 Å². The second-order valence-electron chi connectivity index (χ2n) is 6.02. The van der Waals surface area contributed by atoms with Gasteiger partial charge in [0.1, 0.15) is 4.83 Å². The van der Waals surface area contributed by atoms with Crippen LogP contribution in [0, 0.1) is 0 Å². The van der Waals surface area contributed by atoms with Crippen LogP contribution in [0.2, 0.25) is 18.1 Å². The molecule has 0 radical (unpaired) electrons. The minimum absolute atomic E-state index is 0.0654. The van der Waals surface area contributed by atoms with Crippen LogP contribution < -0.4 is 5.32 Å². The van der Waals surface area contributed by atoms with Crippen molar-refractivity contribution in [2.45, 2.75) is 62.8 Å². The van der Waals surface area contributed by atoms with Gasteiger partial charge in [0.2, 0.25) is 5.91 Å². The van der Waals surface area contributed by atoms with Crippen molar-refractivity contribution < 1.29 is 9.22 Å². The van der Waals surface area contributed by atoms with Crippen LogP contribution >= 0.6 is 15.9 Å². The zero-order valence-electron chi connectivity index (χ0n) is 10.9. The van der Waals surface area contributed by atoms with E-state index in [9.17, 15) is 4.79 Å². The number of hydrogen-bond donors (Lipinski definition) is 1. The molecule has 1 fully saturated rings. The zero-order chi connectivity index (χ0) is 12.7. The maximum atomic E-state index is 11.1. The predicted octanol–water partition coefficient (Wildman–Crippen LogP) is 2.66. The van der Waals surface area contributed by atoms with E-state index in [2.05, 4.69) is 55.1 Å². The second-order valence-corrected chi connectivity index (χ2v) is 11.8. The van der Waals surface area contributed by atoms with Crippen LogP contribution in [0.25, 0.3) is 0 Å². The van der Waals surface area contributed by atoms with E-state index in [-0.39, 0.29) is 27.9 Å². The van der Waals surface area contributed by atoms with Crippen LogP contribution in [0.15, 0.2) is 0 Å². The van der Waals surface area contributed by atoms with Gasteiger partial charge in [0.05, 0.1) is 12.1 Å². The van der Waals surface area contributed by atoms with E-state index in [0.717, 1.165) is 0 Å². The Labute approximate surface area is 108 Å². The number of halogens is 1. The summed E-state index contributed by atoms with van der Waals surface area (Å²) in [5.41, 5.74) is 0. The van der Waals surface area contributed by atoms with Gasteiger partial charge in [-0.15, -0.1) is 0 Å². The summed E-state index contributed by atoms with van der Waals surface area (Å²) in [7, 11) is -1.74. The van der Waals surface area contributed by atoms with Crippen LogP contribution in [-0.4, -0.2) is 31.2 Å². The molecular formula is C11H22BrNO2Si. The van der Waals surface area contributed by atoms with Crippen LogP contribution in [0.4, 0.5) is 0 Å². The van der Waals surface area contributed by atoms with Gasteiger partial charge in [0.15, 0.2) is 8.32 Å². The van der Waals surface area contributed by atoms with Crippen molar-refractivity contribution in [3.8, 4) is 0 Å². The molecule has 1 amide bonds. The Morgan fingerprint density at radius 2 is 1.94 bits per heavy atom. The molecule has 94 valence electrons. The average Bonchev–Trinajstić information content (AvgIpc) is 2.10. The molecular weight excluding hydrogens is 286 g/mol. The van der Waals surface area contributed by atoms with Crippen LogP contribution in [0.1, 0.15) is 27.7 Å². The third kappa shape index (κ3) is 2.68. The molecule has 0 saturated carbocycles. The van der Waals surface area contributed by atoms with Crippen molar-refractivity contribution in [2.75, 3.05) is 0 Å². The number of β-lactam (4-membered cyclic amide) rings is 1. The topological polar surface area (TPSA) is 38.3 Å². The molecule has 1 aliphatic heterocycles. The lowest BCUT2D eigenvalue weighted by atomic mass is 10.0. The summed E-state index contributed by atoms with van der Waals surface area (Å²) in [6, 6.07) is 0.113. The monoisotopic (exact) mass is 307 g/mol. The van der Waals surface area contributed by atoms with Gasteiger partial charge in [-0.25, -0.2) is 0 Å². The molecule has 0 aliphatic carbocycles. The van der Waals surface area contributed by atoms with Crippen LogP contribution in [0.5, 0.6) is 0 Å². The van der Waals surface area contributed by atoms with Gasteiger partial charge in [-0.2, -0.15) is 0 Å². The van der Waals surface area contributed by atoms with Crippen molar-refractivity contribution in [2.24, 2.45) is 0 Å². The first-order chi connectivity index (χ1) is 7.06. The van der Waals surface area contributed by atoms with Gasteiger partial charge >= 0.3 is 0 Å². The second kappa shape index (κ2) is 4.42. The molecule has 1 rings (SSSR count). The average molecular weight is 308 g/mol. The number of amides is 1. The van der Waals surface area contributed by atoms with Gasteiger partial charge in [-0.3, -0.25) is 4.79 Å². The van der Waals surface area contributed by atoms with E-state index >= 15 is 0 Å². The van der Waals surface area contributed by atoms with E-state index in [1.807, 2.05) is 6.92 Å². The fourth-order valence-electron chi connectivity index (χ4n) is 1.45. The first-order valence-electron chi connectivity index (χ1n) is 5.68. The third-order valence-electron chi connectivity index (χ3n) is 3.67.